The van der Waals surface area contributed by atoms with Gasteiger partial charge in [0.2, 0.25) is 6.08 Å². The number of nitrogens with zero attached hydrogens (tertiary/aromatic N) is 1. The summed E-state index contributed by atoms with van der Waals surface area (Å²) in [6.07, 6.45) is 12.5. The topological polar surface area (TPSA) is 103 Å². The van der Waals surface area contributed by atoms with E-state index in [1.807, 2.05) is 176 Å². The van der Waals surface area contributed by atoms with Gasteiger partial charge < -0.3 is 37.9 Å². The Kier molecular flexibility index (Phi) is 27.4. The summed E-state index contributed by atoms with van der Waals surface area (Å²) >= 11 is 0. The van der Waals surface area contributed by atoms with E-state index in [0.29, 0.717) is 26.2 Å². The molecule has 8 atom stereocenters. The van der Waals surface area contributed by atoms with Crippen molar-refractivity contribution in [2.45, 2.75) is 179 Å². The van der Waals surface area contributed by atoms with E-state index < -0.39 is 49.0 Å². The third kappa shape index (κ3) is 21.6. The molecule has 7 rings (SSSR count). The Morgan fingerprint density at radius 3 is 1.29 bits per heavy atom. The zero-order valence-electron chi connectivity index (χ0n) is 45.4. The fraction of sp³-hybridized carbons (Fsp3) is 0.448. The zero-order chi connectivity index (χ0) is 53.2. The molecule has 0 saturated carbocycles. The van der Waals surface area contributed by atoms with Crippen LogP contribution in [0.2, 0.25) is 0 Å². The summed E-state index contributed by atoms with van der Waals surface area (Å²) in [5.41, 5.74) is 6.02. The number of isocyanates is 1. The lowest BCUT2D eigenvalue weighted by atomic mass is 9.97. The van der Waals surface area contributed by atoms with E-state index in [4.69, 9.17) is 37.9 Å². The van der Waals surface area contributed by atoms with Gasteiger partial charge in [0.05, 0.1) is 59.0 Å². The Bertz CT molecular complexity index is 2450. The first-order valence-corrected chi connectivity index (χ1v) is 28.4. The molecule has 0 radical (unpaired) electrons. The molecule has 1 fully saturated rings. The van der Waals surface area contributed by atoms with Gasteiger partial charge >= 0.3 is 0 Å². The summed E-state index contributed by atoms with van der Waals surface area (Å²) in [4.78, 5) is 17.2. The van der Waals surface area contributed by atoms with Crippen molar-refractivity contribution in [3.05, 3.63) is 215 Å². The molecule has 0 unspecified atom stereocenters. The minimum atomic E-state index is -1.03. The van der Waals surface area contributed by atoms with E-state index in [1.165, 1.54) is 57.8 Å². The number of carbonyl (C=O) groups excluding carboxylic acids is 1. The Balaban J connectivity index is 1.16. The van der Waals surface area contributed by atoms with Crippen molar-refractivity contribution < 1.29 is 42.7 Å². The number of hydrogen-bond donors (Lipinski definition) is 0. The maximum Gasteiger partial charge on any atom is 0.235 e. The third-order valence-electron chi connectivity index (χ3n) is 14.2. The smallest absolute Gasteiger partial charge is 0.235 e. The highest BCUT2D eigenvalue weighted by Gasteiger charge is 2.49. The second-order valence-corrected chi connectivity index (χ2v) is 20.2. The van der Waals surface area contributed by atoms with Gasteiger partial charge in [0, 0.05) is 0 Å². The van der Waals surface area contributed by atoms with Crippen LogP contribution in [-0.2, 0) is 82.3 Å². The molecule has 0 spiro atoms. The molecule has 0 N–H and O–H groups in total. The molecule has 10 nitrogen and oxygen atoms in total. The van der Waals surface area contributed by atoms with E-state index in [2.05, 4.69) is 24.0 Å². The first kappa shape index (κ1) is 59.0. The fourth-order valence-corrected chi connectivity index (χ4v) is 9.89. The molecular weight excluding hydrogens is 963 g/mol. The Hall–Kier alpha value is -5.62. The molecule has 1 aliphatic rings. The van der Waals surface area contributed by atoms with Crippen molar-refractivity contribution in [2.24, 2.45) is 4.99 Å². The van der Waals surface area contributed by atoms with Gasteiger partial charge in [-0.1, -0.05) is 266 Å². The van der Waals surface area contributed by atoms with Gasteiger partial charge in [-0.25, -0.2) is 4.79 Å². The first-order valence-electron chi connectivity index (χ1n) is 28.4. The highest BCUT2D eigenvalue weighted by Crippen LogP contribution is 2.33. The summed E-state index contributed by atoms with van der Waals surface area (Å²) in [5, 5.41) is 0. The third-order valence-corrected chi connectivity index (χ3v) is 14.2. The molecule has 0 aromatic heterocycles. The van der Waals surface area contributed by atoms with Crippen LogP contribution in [0.4, 0.5) is 0 Å². The van der Waals surface area contributed by atoms with E-state index in [0.717, 1.165) is 52.6 Å². The maximum absolute atomic E-state index is 12.7. The molecule has 1 saturated heterocycles. The van der Waals surface area contributed by atoms with Crippen molar-refractivity contribution in [3.63, 3.8) is 0 Å². The predicted molar refractivity (Wildman–Crippen MR) is 303 cm³/mol. The van der Waals surface area contributed by atoms with Crippen molar-refractivity contribution in [3.8, 4) is 0 Å². The van der Waals surface area contributed by atoms with Crippen LogP contribution in [0.15, 0.2) is 187 Å². The van der Waals surface area contributed by atoms with Gasteiger partial charge in [0.1, 0.15) is 36.6 Å². The van der Waals surface area contributed by atoms with Crippen molar-refractivity contribution in [1.29, 1.82) is 0 Å². The highest BCUT2D eigenvalue weighted by molar-refractivity contribution is 5.34. The molecular formula is C67H83NO9. The monoisotopic (exact) mass is 1050 g/mol. The van der Waals surface area contributed by atoms with Gasteiger partial charge in [0.15, 0.2) is 6.29 Å². The first-order chi connectivity index (χ1) is 38.2. The van der Waals surface area contributed by atoms with Crippen molar-refractivity contribution >= 4 is 6.08 Å². The predicted octanol–water partition coefficient (Wildman–Crippen LogP) is 14.7. The summed E-state index contributed by atoms with van der Waals surface area (Å²) in [6.45, 7) is 4.18. The maximum atomic E-state index is 12.7. The van der Waals surface area contributed by atoms with Crippen LogP contribution in [0.25, 0.3) is 0 Å². The molecule has 0 bridgehead atoms. The van der Waals surface area contributed by atoms with Crippen LogP contribution >= 0.6 is 0 Å². The zero-order valence-corrected chi connectivity index (χ0v) is 45.4. The normalized spacial score (nSPS) is 18.5. The number of ether oxygens (including phenoxy) is 8. The molecule has 1 aliphatic heterocycles. The van der Waals surface area contributed by atoms with Gasteiger partial charge in [-0.2, -0.15) is 4.99 Å². The van der Waals surface area contributed by atoms with Crippen LogP contribution in [0, 0.1) is 0 Å². The molecule has 410 valence electrons. The molecule has 0 aliphatic carbocycles. The van der Waals surface area contributed by atoms with Crippen LogP contribution in [0.1, 0.15) is 124 Å². The van der Waals surface area contributed by atoms with Crippen LogP contribution in [0.3, 0.4) is 0 Å². The Morgan fingerprint density at radius 1 is 0.442 bits per heavy atom. The van der Waals surface area contributed by atoms with Gasteiger partial charge in [-0.05, 0) is 39.8 Å². The minimum Gasteiger partial charge on any atom is -0.374 e. The summed E-state index contributed by atoms with van der Waals surface area (Å²) in [7, 11) is 0. The van der Waals surface area contributed by atoms with E-state index >= 15 is 0 Å². The van der Waals surface area contributed by atoms with Gasteiger partial charge in [-0.3, -0.25) is 0 Å². The molecule has 10 heteroatoms. The van der Waals surface area contributed by atoms with E-state index in [9.17, 15) is 4.79 Å². The van der Waals surface area contributed by atoms with Gasteiger partial charge in [0.25, 0.3) is 0 Å². The second kappa shape index (κ2) is 35.7. The Labute approximate surface area is 459 Å². The standard InChI is InChI=1S/C67H83NO9/c1-2-3-4-5-6-7-8-9-10-11-12-31-44-61(71-46-55-34-21-14-22-35-55)63(72-47-56-36-23-15-24-37-56)60(68-53-69)51-76-67-66(75-50-59-42-29-18-30-43-59)65(74-49-58-40-27-17-28-41-58)64(73-48-57-38-25-16-26-39-57)62(77-67)52-70-45-54-32-19-13-20-33-54/h13-30,32-43,60-67H,2-12,31,44-52H2,1H3/t60-,61+,62+,63-,64-,65-,66+,67-/m0/s1. The average molecular weight is 1050 g/mol. The molecule has 6 aromatic rings. The lowest BCUT2D eigenvalue weighted by Crippen LogP contribution is -2.62. The highest BCUT2D eigenvalue weighted by atomic mass is 16.7. The largest absolute Gasteiger partial charge is 0.374 e. The lowest BCUT2D eigenvalue weighted by molar-refractivity contribution is -0.329. The number of aliphatic imine (C=N–C) groups is 1. The Morgan fingerprint density at radius 2 is 0.831 bits per heavy atom. The second-order valence-electron chi connectivity index (χ2n) is 20.2. The average Bonchev–Trinajstić information content (AvgIpc) is 3.49. The molecule has 0 amide bonds. The lowest BCUT2D eigenvalue weighted by Gasteiger charge is -2.46. The molecule has 6 aromatic carbocycles. The molecule has 1 heterocycles. The summed E-state index contributed by atoms with van der Waals surface area (Å²) in [6, 6.07) is 59.6. The van der Waals surface area contributed by atoms with E-state index in [1.54, 1.807) is 0 Å². The summed E-state index contributed by atoms with van der Waals surface area (Å²) in [5.74, 6) is 0. The number of benzene rings is 6. The number of rotatable bonds is 38. The van der Waals surface area contributed by atoms with Crippen molar-refractivity contribution in [1.82, 2.24) is 0 Å². The van der Waals surface area contributed by atoms with Crippen molar-refractivity contribution in [2.75, 3.05) is 13.2 Å². The van der Waals surface area contributed by atoms with Crippen LogP contribution in [0.5, 0.6) is 0 Å². The quantitative estimate of drug-likeness (QED) is 0.0213. The number of unbranched alkanes of at least 4 members (excludes halogenated alkanes) is 11. The van der Waals surface area contributed by atoms with E-state index in [-0.39, 0.29) is 33.0 Å². The number of hydrogen-bond acceptors (Lipinski definition) is 10. The van der Waals surface area contributed by atoms with Crippen LogP contribution in [-0.4, -0.2) is 68.2 Å². The minimum absolute atomic E-state index is 0.0766. The fourth-order valence-electron chi connectivity index (χ4n) is 9.89. The SMILES string of the molecule is CCCCCCCCCCCCCC[C@@H](OCc1ccccc1)[C@@H](OCc1ccccc1)[C@H](CO[C@H]1O[C@H](COCc2ccccc2)[C@H](OCc2ccccc2)[C@H](OCc2ccccc2)[C@H]1OCc1ccccc1)N=C=O. The van der Waals surface area contributed by atoms with Gasteiger partial charge in [-0.15, -0.1) is 0 Å². The summed E-state index contributed by atoms with van der Waals surface area (Å²) < 4.78 is 55.2. The van der Waals surface area contributed by atoms with Crippen LogP contribution < -0.4 is 0 Å². The molecule has 77 heavy (non-hydrogen) atoms.